The minimum absolute atomic E-state index is 0.538. The first-order valence-corrected chi connectivity index (χ1v) is 7.39. The van der Waals surface area contributed by atoms with E-state index in [2.05, 4.69) is 30.8 Å². The molecule has 0 atom stereocenters. The lowest BCUT2D eigenvalue weighted by Crippen LogP contribution is -2.12. The van der Waals surface area contributed by atoms with Gasteiger partial charge in [-0.25, -0.2) is 9.97 Å². The van der Waals surface area contributed by atoms with Gasteiger partial charge in [-0.3, -0.25) is 0 Å². The largest absolute Gasteiger partial charge is 0.497 e. The second kappa shape index (κ2) is 5.40. The minimum atomic E-state index is 0.538. The van der Waals surface area contributed by atoms with E-state index in [9.17, 15) is 0 Å². The number of anilines is 2. The highest BCUT2D eigenvalue weighted by Crippen LogP contribution is 2.39. The van der Waals surface area contributed by atoms with Crippen molar-refractivity contribution in [2.24, 2.45) is 0 Å². The van der Waals surface area contributed by atoms with Crippen molar-refractivity contribution in [2.75, 3.05) is 19.1 Å². The molecule has 0 amide bonds. The van der Waals surface area contributed by atoms with Crippen LogP contribution in [0, 0.1) is 0 Å². The Labute approximate surface area is 126 Å². The van der Waals surface area contributed by atoms with Crippen molar-refractivity contribution in [3.8, 4) is 5.75 Å². The molecule has 0 saturated heterocycles. The molecule has 1 aliphatic rings. The summed E-state index contributed by atoms with van der Waals surface area (Å²) < 4.78 is 6.02. The van der Waals surface area contributed by atoms with Crippen LogP contribution in [0.15, 0.2) is 34.9 Å². The average Bonchev–Trinajstić information content (AvgIpc) is 3.30. The van der Waals surface area contributed by atoms with Crippen molar-refractivity contribution in [3.63, 3.8) is 0 Å². The van der Waals surface area contributed by atoms with E-state index in [1.54, 1.807) is 7.11 Å². The minimum Gasteiger partial charge on any atom is -0.497 e. The van der Waals surface area contributed by atoms with Crippen molar-refractivity contribution < 1.29 is 4.74 Å². The summed E-state index contributed by atoms with van der Waals surface area (Å²) in [5.74, 6) is 3.23. The molecule has 1 heterocycles. The molecule has 0 radical (unpaired) electrons. The Bertz CT molecular complexity index is 611. The van der Waals surface area contributed by atoms with Gasteiger partial charge in [0.05, 0.1) is 7.11 Å². The number of aromatic nitrogens is 2. The maximum Gasteiger partial charge on any atom is 0.137 e. The molecule has 0 aliphatic heterocycles. The highest BCUT2D eigenvalue weighted by Gasteiger charge is 2.27. The maximum absolute atomic E-state index is 5.18. The van der Waals surface area contributed by atoms with Gasteiger partial charge in [0.1, 0.15) is 22.0 Å². The fourth-order valence-corrected chi connectivity index (χ4v) is 2.44. The van der Waals surface area contributed by atoms with Crippen LogP contribution in [-0.2, 0) is 0 Å². The van der Waals surface area contributed by atoms with Crippen LogP contribution >= 0.6 is 15.9 Å². The Morgan fingerprint density at radius 3 is 2.50 bits per heavy atom. The number of hydrogen-bond donors (Lipinski definition) is 0. The van der Waals surface area contributed by atoms with E-state index in [1.165, 1.54) is 12.8 Å². The Morgan fingerprint density at radius 2 is 1.90 bits per heavy atom. The van der Waals surface area contributed by atoms with E-state index in [1.807, 2.05) is 37.4 Å². The van der Waals surface area contributed by atoms with E-state index in [0.29, 0.717) is 5.92 Å². The number of nitrogens with zero attached hydrogens (tertiary/aromatic N) is 3. The second-order valence-corrected chi connectivity index (χ2v) is 5.75. The molecule has 1 aliphatic carbocycles. The quantitative estimate of drug-likeness (QED) is 0.795. The molecule has 1 aromatic carbocycles. The lowest BCUT2D eigenvalue weighted by molar-refractivity contribution is 0.415. The van der Waals surface area contributed by atoms with Crippen LogP contribution in [0.3, 0.4) is 0 Å². The Hall–Kier alpha value is -1.62. The van der Waals surface area contributed by atoms with Gasteiger partial charge in [-0.05, 0) is 53.0 Å². The van der Waals surface area contributed by atoms with E-state index < -0.39 is 0 Å². The molecule has 0 bridgehead atoms. The fourth-order valence-electron chi connectivity index (χ4n) is 2.06. The Balaban J connectivity index is 1.90. The first kappa shape index (κ1) is 13.4. The highest BCUT2D eigenvalue weighted by atomic mass is 79.9. The zero-order chi connectivity index (χ0) is 14.1. The molecule has 0 N–H and O–H groups in total. The zero-order valence-corrected chi connectivity index (χ0v) is 13.1. The van der Waals surface area contributed by atoms with Crippen molar-refractivity contribution in [2.45, 2.75) is 18.8 Å². The standard InChI is InChI=1S/C15H16BrN3O/c1-19(11-5-7-12(20-2)8-6-11)14-9-13(16)17-15(18-14)10-3-4-10/h5-10H,3-4H2,1-2H3. The summed E-state index contributed by atoms with van der Waals surface area (Å²) in [6, 6.07) is 9.88. The Kier molecular flexibility index (Phi) is 3.61. The summed E-state index contributed by atoms with van der Waals surface area (Å²) in [5, 5.41) is 0. The normalized spacial score (nSPS) is 14.2. The van der Waals surface area contributed by atoms with E-state index in [-0.39, 0.29) is 0 Å². The smallest absolute Gasteiger partial charge is 0.137 e. The van der Waals surface area contributed by atoms with Crippen LogP contribution in [0.25, 0.3) is 0 Å². The summed E-state index contributed by atoms with van der Waals surface area (Å²) >= 11 is 3.47. The Morgan fingerprint density at radius 1 is 1.20 bits per heavy atom. The summed E-state index contributed by atoms with van der Waals surface area (Å²) in [6.07, 6.45) is 2.39. The molecule has 4 nitrogen and oxygen atoms in total. The van der Waals surface area contributed by atoms with Crippen LogP contribution in [0.4, 0.5) is 11.5 Å². The molecular weight excluding hydrogens is 318 g/mol. The topological polar surface area (TPSA) is 38.2 Å². The monoisotopic (exact) mass is 333 g/mol. The third-order valence-corrected chi connectivity index (χ3v) is 3.85. The summed E-state index contributed by atoms with van der Waals surface area (Å²) in [5.41, 5.74) is 1.07. The second-order valence-electron chi connectivity index (χ2n) is 4.94. The molecule has 20 heavy (non-hydrogen) atoms. The van der Waals surface area contributed by atoms with Crippen molar-refractivity contribution in [1.29, 1.82) is 0 Å². The highest BCUT2D eigenvalue weighted by molar-refractivity contribution is 9.10. The van der Waals surface area contributed by atoms with Crippen LogP contribution in [0.2, 0.25) is 0 Å². The number of halogens is 1. The van der Waals surface area contributed by atoms with Crippen LogP contribution in [0.1, 0.15) is 24.6 Å². The molecule has 1 fully saturated rings. The lowest BCUT2D eigenvalue weighted by Gasteiger charge is -2.19. The number of rotatable bonds is 4. The first-order valence-electron chi connectivity index (χ1n) is 6.59. The summed E-state index contributed by atoms with van der Waals surface area (Å²) in [4.78, 5) is 11.2. The number of hydrogen-bond acceptors (Lipinski definition) is 4. The van der Waals surface area contributed by atoms with Gasteiger partial charge < -0.3 is 9.64 Å². The average molecular weight is 334 g/mol. The molecule has 0 spiro atoms. The van der Waals surface area contributed by atoms with E-state index >= 15 is 0 Å². The van der Waals surface area contributed by atoms with Gasteiger partial charge >= 0.3 is 0 Å². The molecule has 104 valence electrons. The lowest BCUT2D eigenvalue weighted by atomic mass is 10.3. The molecular formula is C15H16BrN3O. The van der Waals surface area contributed by atoms with Gasteiger partial charge in [0.25, 0.3) is 0 Å². The van der Waals surface area contributed by atoms with Crippen molar-refractivity contribution in [1.82, 2.24) is 9.97 Å². The summed E-state index contributed by atoms with van der Waals surface area (Å²) in [7, 11) is 3.68. The molecule has 3 rings (SSSR count). The molecule has 2 aromatic rings. The molecule has 1 aromatic heterocycles. The maximum atomic E-state index is 5.18. The van der Waals surface area contributed by atoms with Crippen molar-refractivity contribution >= 4 is 27.4 Å². The van der Waals surface area contributed by atoms with Gasteiger partial charge in [-0.2, -0.15) is 0 Å². The number of methoxy groups -OCH3 is 1. The number of benzene rings is 1. The first-order chi connectivity index (χ1) is 9.67. The number of ether oxygens (including phenoxy) is 1. The van der Waals surface area contributed by atoms with Crippen LogP contribution < -0.4 is 9.64 Å². The van der Waals surface area contributed by atoms with Gasteiger partial charge in [0.2, 0.25) is 0 Å². The predicted molar refractivity (Wildman–Crippen MR) is 82.8 cm³/mol. The van der Waals surface area contributed by atoms with Crippen LogP contribution in [-0.4, -0.2) is 24.1 Å². The SMILES string of the molecule is COc1ccc(N(C)c2cc(Br)nc(C3CC3)n2)cc1. The van der Waals surface area contributed by atoms with Gasteiger partial charge in [-0.1, -0.05) is 0 Å². The molecule has 0 unspecified atom stereocenters. The summed E-state index contributed by atoms with van der Waals surface area (Å²) in [6.45, 7) is 0. The van der Waals surface area contributed by atoms with Gasteiger partial charge in [0.15, 0.2) is 0 Å². The van der Waals surface area contributed by atoms with Gasteiger partial charge in [0, 0.05) is 24.7 Å². The van der Waals surface area contributed by atoms with Gasteiger partial charge in [-0.15, -0.1) is 0 Å². The molecule has 5 heteroatoms. The third kappa shape index (κ3) is 2.77. The van der Waals surface area contributed by atoms with E-state index in [4.69, 9.17) is 4.74 Å². The third-order valence-electron chi connectivity index (χ3n) is 3.44. The predicted octanol–water partition coefficient (Wildman–Crippen LogP) is 3.89. The fraction of sp³-hybridized carbons (Fsp3) is 0.333. The van der Waals surface area contributed by atoms with Crippen LogP contribution in [0.5, 0.6) is 5.75 Å². The van der Waals surface area contributed by atoms with E-state index in [0.717, 1.165) is 27.7 Å². The molecule has 1 saturated carbocycles. The van der Waals surface area contributed by atoms with Crippen molar-refractivity contribution in [3.05, 3.63) is 40.8 Å². The zero-order valence-electron chi connectivity index (χ0n) is 11.5.